The predicted octanol–water partition coefficient (Wildman–Crippen LogP) is 3.34. The predicted molar refractivity (Wildman–Crippen MR) is 104 cm³/mol. The lowest BCUT2D eigenvalue weighted by molar-refractivity contribution is 0.423. The number of guanidine groups is 1. The summed E-state index contributed by atoms with van der Waals surface area (Å²) in [6, 6.07) is 8.87. The van der Waals surface area contributed by atoms with E-state index < -0.39 is 0 Å². The molecule has 1 saturated carbocycles. The lowest BCUT2D eigenvalue weighted by Crippen LogP contribution is -2.42. The van der Waals surface area contributed by atoms with Crippen molar-refractivity contribution < 1.29 is 4.52 Å². The molecule has 3 rings (SSSR count). The SMILES string of the molecule is CCNC(=NCCc1ccc(-c2nc(CC)no2)cc1)NC1CCCC1. The lowest BCUT2D eigenvalue weighted by Gasteiger charge is -2.16. The van der Waals surface area contributed by atoms with Crippen LogP contribution in [0.25, 0.3) is 11.5 Å². The van der Waals surface area contributed by atoms with Crippen molar-refractivity contribution in [1.29, 1.82) is 0 Å². The van der Waals surface area contributed by atoms with E-state index in [0.717, 1.165) is 43.3 Å². The highest BCUT2D eigenvalue weighted by Gasteiger charge is 2.15. The summed E-state index contributed by atoms with van der Waals surface area (Å²) in [5, 5.41) is 10.8. The van der Waals surface area contributed by atoms with Crippen LogP contribution in [0.15, 0.2) is 33.8 Å². The monoisotopic (exact) mass is 355 g/mol. The summed E-state index contributed by atoms with van der Waals surface area (Å²) in [7, 11) is 0. The molecule has 1 aliphatic carbocycles. The second kappa shape index (κ2) is 9.36. The average molecular weight is 355 g/mol. The van der Waals surface area contributed by atoms with Crippen LogP contribution in [0.2, 0.25) is 0 Å². The quantitative estimate of drug-likeness (QED) is 0.588. The van der Waals surface area contributed by atoms with Crippen molar-refractivity contribution in [2.75, 3.05) is 13.1 Å². The Labute approximate surface area is 155 Å². The Kier molecular flexibility index (Phi) is 6.63. The van der Waals surface area contributed by atoms with E-state index in [9.17, 15) is 0 Å². The first-order valence-corrected chi connectivity index (χ1v) is 9.75. The first-order valence-electron chi connectivity index (χ1n) is 9.75. The van der Waals surface area contributed by atoms with Gasteiger partial charge in [-0.25, -0.2) is 0 Å². The van der Waals surface area contributed by atoms with E-state index in [-0.39, 0.29) is 0 Å². The molecular formula is C20H29N5O. The van der Waals surface area contributed by atoms with Gasteiger partial charge in [0.15, 0.2) is 11.8 Å². The van der Waals surface area contributed by atoms with Gasteiger partial charge in [0, 0.05) is 31.1 Å². The van der Waals surface area contributed by atoms with Gasteiger partial charge in [0.1, 0.15) is 0 Å². The molecule has 140 valence electrons. The minimum absolute atomic E-state index is 0.578. The Balaban J connectivity index is 1.54. The number of hydrogen-bond donors (Lipinski definition) is 2. The summed E-state index contributed by atoms with van der Waals surface area (Å²) in [6.07, 6.45) is 6.84. The van der Waals surface area contributed by atoms with Crippen molar-refractivity contribution in [3.8, 4) is 11.5 Å². The Morgan fingerprint density at radius 1 is 1.19 bits per heavy atom. The fourth-order valence-corrected chi connectivity index (χ4v) is 3.21. The Morgan fingerprint density at radius 2 is 1.96 bits per heavy atom. The normalized spacial score (nSPS) is 15.4. The van der Waals surface area contributed by atoms with Crippen LogP contribution >= 0.6 is 0 Å². The molecule has 0 unspecified atom stereocenters. The molecule has 26 heavy (non-hydrogen) atoms. The van der Waals surface area contributed by atoms with E-state index in [4.69, 9.17) is 9.52 Å². The van der Waals surface area contributed by atoms with Crippen LogP contribution < -0.4 is 10.6 Å². The molecule has 0 amide bonds. The van der Waals surface area contributed by atoms with Crippen LogP contribution in [-0.2, 0) is 12.8 Å². The summed E-state index contributed by atoms with van der Waals surface area (Å²) in [5.74, 6) is 2.26. The number of rotatable bonds is 7. The van der Waals surface area contributed by atoms with Crippen LogP contribution in [0.1, 0.15) is 50.9 Å². The van der Waals surface area contributed by atoms with Gasteiger partial charge in [0.2, 0.25) is 0 Å². The highest BCUT2D eigenvalue weighted by Crippen LogP contribution is 2.19. The van der Waals surface area contributed by atoms with Gasteiger partial charge in [0.25, 0.3) is 5.89 Å². The number of nitrogens with one attached hydrogen (secondary N) is 2. The third-order valence-corrected chi connectivity index (χ3v) is 4.70. The maximum Gasteiger partial charge on any atom is 0.257 e. The molecule has 1 aliphatic rings. The number of benzene rings is 1. The van der Waals surface area contributed by atoms with Crippen molar-refractivity contribution in [2.24, 2.45) is 4.99 Å². The van der Waals surface area contributed by atoms with Gasteiger partial charge in [-0.3, -0.25) is 4.99 Å². The molecule has 0 aliphatic heterocycles. The molecule has 6 heteroatoms. The molecule has 6 nitrogen and oxygen atoms in total. The van der Waals surface area contributed by atoms with Gasteiger partial charge in [-0.1, -0.05) is 37.1 Å². The maximum atomic E-state index is 5.28. The fourth-order valence-electron chi connectivity index (χ4n) is 3.21. The van der Waals surface area contributed by atoms with Crippen molar-refractivity contribution >= 4 is 5.96 Å². The summed E-state index contributed by atoms with van der Waals surface area (Å²) >= 11 is 0. The summed E-state index contributed by atoms with van der Waals surface area (Å²) in [6.45, 7) is 5.77. The van der Waals surface area contributed by atoms with Gasteiger partial charge in [-0.15, -0.1) is 0 Å². The van der Waals surface area contributed by atoms with Crippen molar-refractivity contribution in [3.63, 3.8) is 0 Å². The highest BCUT2D eigenvalue weighted by molar-refractivity contribution is 5.80. The van der Waals surface area contributed by atoms with E-state index in [0.29, 0.717) is 11.9 Å². The van der Waals surface area contributed by atoms with Crippen molar-refractivity contribution in [1.82, 2.24) is 20.8 Å². The molecule has 0 radical (unpaired) electrons. The van der Waals surface area contributed by atoms with E-state index >= 15 is 0 Å². The number of aromatic nitrogens is 2. The zero-order valence-corrected chi connectivity index (χ0v) is 15.8. The van der Waals surface area contributed by atoms with E-state index in [1.54, 1.807) is 0 Å². The molecule has 1 aromatic carbocycles. The number of nitrogens with zero attached hydrogens (tertiary/aromatic N) is 3. The summed E-state index contributed by atoms with van der Waals surface area (Å²) in [5.41, 5.74) is 2.21. The van der Waals surface area contributed by atoms with Crippen LogP contribution in [0, 0.1) is 0 Å². The number of aryl methyl sites for hydroxylation is 1. The maximum absolute atomic E-state index is 5.28. The van der Waals surface area contributed by atoms with Gasteiger partial charge >= 0.3 is 0 Å². The van der Waals surface area contributed by atoms with E-state index in [1.807, 2.05) is 19.1 Å². The van der Waals surface area contributed by atoms with Crippen LogP contribution in [-0.4, -0.2) is 35.2 Å². The Morgan fingerprint density at radius 3 is 2.62 bits per heavy atom. The molecule has 0 atom stereocenters. The smallest absolute Gasteiger partial charge is 0.257 e. The van der Waals surface area contributed by atoms with E-state index in [2.05, 4.69) is 39.8 Å². The van der Waals surface area contributed by atoms with Crippen LogP contribution in [0.5, 0.6) is 0 Å². The average Bonchev–Trinajstić information content (AvgIpc) is 3.34. The third-order valence-electron chi connectivity index (χ3n) is 4.70. The van der Waals surface area contributed by atoms with Gasteiger partial charge in [0.05, 0.1) is 0 Å². The number of hydrogen-bond acceptors (Lipinski definition) is 4. The van der Waals surface area contributed by atoms with E-state index in [1.165, 1.54) is 31.2 Å². The largest absolute Gasteiger partial charge is 0.357 e. The van der Waals surface area contributed by atoms with Gasteiger partial charge in [-0.05, 0) is 43.9 Å². The van der Waals surface area contributed by atoms with Crippen LogP contribution in [0.4, 0.5) is 0 Å². The molecule has 0 spiro atoms. The minimum atomic E-state index is 0.578. The highest BCUT2D eigenvalue weighted by atomic mass is 16.5. The van der Waals surface area contributed by atoms with Crippen molar-refractivity contribution in [2.45, 2.75) is 58.4 Å². The second-order valence-corrected chi connectivity index (χ2v) is 6.70. The Hall–Kier alpha value is -2.37. The molecular weight excluding hydrogens is 326 g/mol. The zero-order chi connectivity index (χ0) is 18.2. The minimum Gasteiger partial charge on any atom is -0.357 e. The van der Waals surface area contributed by atoms with Crippen LogP contribution in [0.3, 0.4) is 0 Å². The standard InChI is InChI=1S/C20H29N5O/c1-3-18-24-19(26-25-18)16-11-9-15(10-12-16)13-14-22-20(21-4-2)23-17-7-5-6-8-17/h9-12,17H,3-8,13-14H2,1-2H3,(H2,21,22,23). The summed E-state index contributed by atoms with van der Waals surface area (Å²) < 4.78 is 5.28. The third kappa shape index (κ3) is 5.07. The van der Waals surface area contributed by atoms with Gasteiger partial charge < -0.3 is 15.2 Å². The first kappa shape index (κ1) is 18.4. The fraction of sp³-hybridized carbons (Fsp3) is 0.550. The topological polar surface area (TPSA) is 75.3 Å². The van der Waals surface area contributed by atoms with Crippen molar-refractivity contribution in [3.05, 3.63) is 35.7 Å². The molecule has 2 N–H and O–H groups in total. The Bertz CT molecular complexity index is 701. The second-order valence-electron chi connectivity index (χ2n) is 6.70. The molecule has 2 aromatic rings. The molecule has 0 bridgehead atoms. The van der Waals surface area contributed by atoms with Gasteiger partial charge in [-0.2, -0.15) is 4.98 Å². The lowest BCUT2D eigenvalue weighted by atomic mass is 10.1. The number of aliphatic imine (C=N–C) groups is 1. The summed E-state index contributed by atoms with van der Waals surface area (Å²) in [4.78, 5) is 9.09. The molecule has 0 saturated heterocycles. The molecule has 1 aromatic heterocycles. The zero-order valence-electron chi connectivity index (χ0n) is 15.8. The molecule has 1 fully saturated rings. The molecule has 1 heterocycles. The first-order chi connectivity index (χ1) is 12.8.